The Kier molecular flexibility index (Phi) is 8.76. The number of halogens is 1. The molecule has 1 fully saturated rings. The predicted octanol–water partition coefficient (Wildman–Crippen LogP) is 4.36. The van der Waals surface area contributed by atoms with Crippen LogP contribution >= 0.6 is 11.6 Å². The second-order valence-corrected chi connectivity index (χ2v) is 8.10. The van der Waals surface area contributed by atoms with Crippen molar-refractivity contribution in [3.05, 3.63) is 58.6 Å². The van der Waals surface area contributed by atoms with Crippen molar-refractivity contribution >= 4 is 34.9 Å². The van der Waals surface area contributed by atoms with Gasteiger partial charge in [-0.05, 0) is 62.2 Å². The van der Waals surface area contributed by atoms with E-state index < -0.39 is 5.97 Å². The first-order chi connectivity index (χ1) is 15.5. The molecule has 1 heterocycles. The number of benzene rings is 2. The second-order valence-electron chi connectivity index (χ2n) is 7.67. The smallest absolute Gasteiger partial charge is 0.335 e. The molecule has 2 N–H and O–H groups in total. The number of hydrogen-bond acceptors (Lipinski definition) is 4. The highest BCUT2D eigenvalue weighted by Crippen LogP contribution is 2.25. The van der Waals surface area contributed by atoms with Crippen LogP contribution in [0, 0.1) is 6.92 Å². The highest BCUT2D eigenvalue weighted by atomic mass is 35.5. The molecule has 0 radical (unpaired) electrons. The number of rotatable bonds is 8. The lowest BCUT2D eigenvalue weighted by molar-refractivity contribution is 0.0697. The monoisotopic (exact) mass is 458 g/mol. The Bertz CT molecular complexity index is 925. The molecule has 0 spiro atoms. The van der Waals surface area contributed by atoms with Gasteiger partial charge in [-0.3, -0.25) is 4.99 Å². The van der Waals surface area contributed by atoms with Crippen molar-refractivity contribution in [1.29, 1.82) is 0 Å². The molecule has 0 aliphatic carbocycles. The normalized spacial score (nSPS) is 14.5. The van der Waals surface area contributed by atoms with Gasteiger partial charge in [0.1, 0.15) is 0 Å². The lowest BCUT2D eigenvalue weighted by atomic mass is 10.1. The first kappa shape index (κ1) is 23.9. The summed E-state index contributed by atoms with van der Waals surface area (Å²) in [6.45, 7) is 9.48. The van der Waals surface area contributed by atoms with Crippen molar-refractivity contribution in [3.8, 4) is 0 Å². The van der Waals surface area contributed by atoms with E-state index in [2.05, 4.69) is 28.1 Å². The number of hydrogen-bond donors (Lipinski definition) is 2. The SMILES string of the molecule is CCOCCCN=C(Nc1ccc(C(=O)O)cc1)N1CCN(c2cc(Cl)ccc2C)CC1. The van der Waals surface area contributed by atoms with Crippen molar-refractivity contribution in [3.63, 3.8) is 0 Å². The number of aromatic carboxylic acids is 1. The largest absolute Gasteiger partial charge is 0.478 e. The molecular formula is C24H31ClN4O3. The fourth-order valence-corrected chi connectivity index (χ4v) is 3.79. The van der Waals surface area contributed by atoms with Crippen LogP contribution in [0.4, 0.5) is 11.4 Å². The molecule has 0 unspecified atom stereocenters. The molecule has 0 atom stereocenters. The van der Waals surface area contributed by atoms with Gasteiger partial charge in [0.2, 0.25) is 0 Å². The van der Waals surface area contributed by atoms with E-state index in [4.69, 9.17) is 26.4 Å². The summed E-state index contributed by atoms with van der Waals surface area (Å²) in [5, 5.41) is 13.3. The van der Waals surface area contributed by atoms with Gasteiger partial charge in [-0.15, -0.1) is 0 Å². The van der Waals surface area contributed by atoms with E-state index in [9.17, 15) is 4.79 Å². The molecule has 0 aromatic heterocycles. The Morgan fingerprint density at radius 2 is 1.88 bits per heavy atom. The number of carboxylic acids is 1. The highest BCUT2D eigenvalue weighted by molar-refractivity contribution is 6.30. The molecular weight excluding hydrogens is 428 g/mol. The van der Waals surface area contributed by atoms with Crippen LogP contribution in [-0.2, 0) is 4.74 Å². The summed E-state index contributed by atoms with van der Waals surface area (Å²) in [6.07, 6.45) is 0.846. The third-order valence-electron chi connectivity index (χ3n) is 5.39. The van der Waals surface area contributed by atoms with Gasteiger partial charge in [-0.1, -0.05) is 17.7 Å². The molecule has 8 heteroatoms. The Hall–Kier alpha value is -2.77. The molecule has 3 rings (SSSR count). The Morgan fingerprint density at radius 1 is 1.16 bits per heavy atom. The summed E-state index contributed by atoms with van der Waals surface area (Å²) in [5.74, 6) is -0.138. The summed E-state index contributed by atoms with van der Waals surface area (Å²) in [6, 6.07) is 12.7. The molecule has 32 heavy (non-hydrogen) atoms. The number of ether oxygens (including phenoxy) is 1. The lowest BCUT2D eigenvalue weighted by Crippen LogP contribution is -2.51. The quantitative estimate of drug-likeness (QED) is 0.347. The van der Waals surface area contributed by atoms with Gasteiger partial charge in [0.15, 0.2) is 5.96 Å². The minimum Gasteiger partial charge on any atom is -0.478 e. The van der Waals surface area contributed by atoms with E-state index in [0.29, 0.717) is 19.8 Å². The number of carboxylic acid groups (broad SMARTS) is 1. The van der Waals surface area contributed by atoms with E-state index >= 15 is 0 Å². The molecule has 2 aromatic rings. The van der Waals surface area contributed by atoms with Gasteiger partial charge >= 0.3 is 5.97 Å². The zero-order valence-electron chi connectivity index (χ0n) is 18.7. The molecule has 1 aliphatic rings. The molecule has 0 bridgehead atoms. The zero-order valence-corrected chi connectivity index (χ0v) is 19.4. The lowest BCUT2D eigenvalue weighted by Gasteiger charge is -2.38. The number of guanidine groups is 1. The summed E-state index contributed by atoms with van der Waals surface area (Å²) in [4.78, 5) is 20.5. The standard InChI is InChI=1S/C24H31ClN4O3/c1-3-32-16-4-11-26-24(27-21-9-6-19(7-10-21)23(30)31)29-14-12-28(13-15-29)22-17-20(25)8-5-18(22)2/h5-10,17H,3-4,11-16H2,1-2H3,(H,26,27)(H,30,31). The van der Waals surface area contributed by atoms with Gasteiger partial charge in [-0.25, -0.2) is 4.79 Å². The van der Waals surface area contributed by atoms with E-state index in [1.54, 1.807) is 24.3 Å². The molecule has 0 amide bonds. The summed E-state index contributed by atoms with van der Waals surface area (Å²) in [7, 11) is 0. The molecule has 7 nitrogen and oxygen atoms in total. The van der Waals surface area contributed by atoms with E-state index in [1.807, 2.05) is 19.1 Å². The maximum absolute atomic E-state index is 11.1. The molecule has 0 saturated carbocycles. The Labute approximate surface area is 194 Å². The van der Waals surface area contributed by atoms with Crippen LogP contribution in [0.25, 0.3) is 0 Å². The average molecular weight is 459 g/mol. The van der Waals surface area contributed by atoms with Crippen LogP contribution in [0.5, 0.6) is 0 Å². The van der Waals surface area contributed by atoms with Crippen LogP contribution in [-0.4, -0.2) is 67.9 Å². The minimum absolute atomic E-state index is 0.260. The fourth-order valence-electron chi connectivity index (χ4n) is 3.62. The number of anilines is 2. The number of nitrogens with one attached hydrogen (secondary N) is 1. The van der Waals surface area contributed by atoms with Gasteiger partial charge in [0.25, 0.3) is 0 Å². The van der Waals surface area contributed by atoms with Gasteiger partial charge < -0.3 is 25.0 Å². The van der Waals surface area contributed by atoms with Crippen molar-refractivity contribution in [2.24, 2.45) is 4.99 Å². The van der Waals surface area contributed by atoms with Crippen molar-refractivity contribution in [1.82, 2.24) is 4.90 Å². The third-order valence-corrected chi connectivity index (χ3v) is 5.63. The number of aryl methyl sites for hydroxylation is 1. The zero-order chi connectivity index (χ0) is 22.9. The minimum atomic E-state index is -0.936. The van der Waals surface area contributed by atoms with Crippen LogP contribution in [0.3, 0.4) is 0 Å². The average Bonchev–Trinajstić information content (AvgIpc) is 2.80. The van der Waals surface area contributed by atoms with Crippen molar-refractivity contribution in [2.75, 3.05) is 56.2 Å². The fraction of sp³-hybridized carbons (Fsp3) is 0.417. The second kappa shape index (κ2) is 11.7. The number of aliphatic imine (C=N–C) groups is 1. The summed E-state index contributed by atoms with van der Waals surface area (Å²) < 4.78 is 5.42. The van der Waals surface area contributed by atoms with E-state index in [0.717, 1.165) is 49.3 Å². The molecule has 1 saturated heterocycles. The number of piperazine rings is 1. The first-order valence-electron chi connectivity index (χ1n) is 11.0. The number of nitrogens with zero attached hydrogens (tertiary/aromatic N) is 3. The van der Waals surface area contributed by atoms with Crippen molar-refractivity contribution in [2.45, 2.75) is 20.3 Å². The van der Waals surface area contributed by atoms with Gasteiger partial charge in [0.05, 0.1) is 5.56 Å². The topological polar surface area (TPSA) is 77.4 Å². The van der Waals surface area contributed by atoms with Gasteiger partial charge in [0, 0.05) is 62.3 Å². The number of carbonyl (C=O) groups is 1. The molecule has 2 aromatic carbocycles. The van der Waals surface area contributed by atoms with E-state index in [-0.39, 0.29) is 5.56 Å². The van der Waals surface area contributed by atoms with Crippen molar-refractivity contribution < 1.29 is 14.6 Å². The summed E-state index contributed by atoms with van der Waals surface area (Å²) in [5.41, 5.74) is 3.46. The van der Waals surface area contributed by atoms with Crippen LogP contribution in [0.1, 0.15) is 29.3 Å². The molecule has 172 valence electrons. The third kappa shape index (κ3) is 6.61. The van der Waals surface area contributed by atoms with Crippen LogP contribution < -0.4 is 10.2 Å². The maximum atomic E-state index is 11.1. The van der Waals surface area contributed by atoms with Crippen LogP contribution in [0.2, 0.25) is 5.02 Å². The Balaban J connectivity index is 1.68. The highest BCUT2D eigenvalue weighted by Gasteiger charge is 2.21. The maximum Gasteiger partial charge on any atom is 0.335 e. The summed E-state index contributed by atoms with van der Waals surface area (Å²) >= 11 is 6.22. The van der Waals surface area contributed by atoms with Gasteiger partial charge in [-0.2, -0.15) is 0 Å². The Morgan fingerprint density at radius 3 is 2.53 bits per heavy atom. The van der Waals surface area contributed by atoms with Crippen LogP contribution in [0.15, 0.2) is 47.5 Å². The first-order valence-corrected chi connectivity index (χ1v) is 11.3. The molecule has 1 aliphatic heterocycles. The van der Waals surface area contributed by atoms with E-state index in [1.165, 1.54) is 11.3 Å². The predicted molar refractivity (Wildman–Crippen MR) is 130 cm³/mol.